The van der Waals surface area contributed by atoms with Crippen molar-refractivity contribution < 1.29 is 9.53 Å². The number of aromatic nitrogens is 1. The number of esters is 1. The number of methoxy groups -OCH3 is 1. The zero-order valence-corrected chi connectivity index (χ0v) is 11.0. The van der Waals surface area contributed by atoms with Crippen molar-refractivity contribution in [3.05, 3.63) is 41.1 Å². The predicted molar refractivity (Wildman–Crippen MR) is 71.6 cm³/mol. The van der Waals surface area contributed by atoms with Gasteiger partial charge in [-0.2, -0.15) is 0 Å². The lowest BCUT2D eigenvalue weighted by atomic mass is 10.0. The molecule has 1 aromatic carbocycles. The fourth-order valence-electron chi connectivity index (χ4n) is 2.11. The topological polar surface area (TPSA) is 39.2 Å². The maximum Gasteiger partial charge on any atom is 0.305 e. The highest BCUT2D eigenvalue weighted by molar-refractivity contribution is 5.83. The molecule has 0 saturated heterocycles. The van der Waals surface area contributed by atoms with Crippen LogP contribution in [-0.4, -0.2) is 18.1 Å². The summed E-state index contributed by atoms with van der Waals surface area (Å²) in [5.74, 6) is -0.172. The lowest BCUT2D eigenvalue weighted by molar-refractivity contribution is -0.140. The molecule has 94 valence electrons. The van der Waals surface area contributed by atoms with Crippen LogP contribution in [0.15, 0.2) is 24.3 Å². The maximum absolute atomic E-state index is 11.1. The molecular formula is C15H17NO2. The fourth-order valence-corrected chi connectivity index (χ4v) is 2.11. The van der Waals surface area contributed by atoms with Crippen molar-refractivity contribution in [1.29, 1.82) is 0 Å². The van der Waals surface area contributed by atoms with Crippen LogP contribution in [0.1, 0.15) is 23.2 Å². The summed E-state index contributed by atoms with van der Waals surface area (Å²) < 4.78 is 4.65. The minimum absolute atomic E-state index is 0.172. The van der Waals surface area contributed by atoms with Crippen molar-refractivity contribution in [1.82, 2.24) is 4.98 Å². The Morgan fingerprint density at radius 2 is 2.06 bits per heavy atom. The molecule has 2 aromatic rings. The summed E-state index contributed by atoms with van der Waals surface area (Å²) in [7, 11) is 1.42. The lowest BCUT2D eigenvalue weighted by Gasteiger charge is -2.06. The Morgan fingerprint density at radius 1 is 1.28 bits per heavy atom. The van der Waals surface area contributed by atoms with Gasteiger partial charge in [-0.25, -0.2) is 0 Å². The predicted octanol–water partition coefficient (Wildman–Crippen LogP) is 2.96. The third-order valence-corrected chi connectivity index (χ3v) is 3.05. The summed E-state index contributed by atoms with van der Waals surface area (Å²) in [6.45, 7) is 4.08. The fraction of sp³-hybridized carbons (Fsp3) is 0.333. The summed E-state index contributed by atoms with van der Waals surface area (Å²) in [6, 6.07) is 8.23. The molecule has 0 saturated carbocycles. The van der Waals surface area contributed by atoms with Gasteiger partial charge in [-0.1, -0.05) is 6.07 Å². The molecule has 0 atom stereocenters. The van der Waals surface area contributed by atoms with Crippen LogP contribution >= 0.6 is 0 Å². The highest BCUT2D eigenvalue weighted by atomic mass is 16.5. The second-order valence-electron chi connectivity index (χ2n) is 4.51. The number of carbonyl (C=O) groups is 1. The van der Waals surface area contributed by atoms with E-state index in [1.807, 2.05) is 19.1 Å². The smallest absolute Gasteiger partial charge is 0.305 e. The van der Waals surface area contributed by atoms with Gasteiger partial charge in [0.2, 0.25) is 0 Å². The van der Waals surface area contributed by atoms with E-state index in [-0.39, 0.29) is 5.97 Å². The molecule has 3 nitrogen and oxygen atoms in total. The Kier molecular flexibility index (Phi) is 3.60. The molecule has 0 spiro atoms. The van der Waals surface area contributed by atoms with Gasteiger partial charge in [0.05, 0.1) is 12.6 Å². The monoisotopic (exact) mass is 243 g/mol. The van der Waals surface area contributed by atoms with Crippen LogP contribution in [0.25, 0.3) is 10.9 Å². The van der Waals surface area contributed by atoms with Crippen molar-refractivity contribution in [2.45, 2.75) is 26.7 Å². The van der Waals surface area contributed by atoms with Crippen molar-refractivity contribution in [3.8, 4) is 0 Å². The number of benzene rings is 1. The number of aryl methyl sites for hydroxylation is 3. The van der Waals surface area contributed by atoms with Gasteiger partial charge in [0.25, 0.3) is 0 Å². The molecule has 0 bridgehead atoms. The number of fused-ring (bicyclic) bond motifs is 1. The van der Waals surface area contributed by atoms with E-state index in [0.29, 0.717) is 12.8 Å². The molecule has 1 aromatic heterocycles. The standard InChI is InChI=1S/C15H17NO2/c1-10-8-11(2)16-14-6-4-12(9-13(10)14)5-7-15(17)18-3/h4,6,8-9H,5,7H2,1-3H3. The lowest BCUT2D eigenvalue weighted by Crippen LogP contribution is -2.02. The number of ether oxygens (including phenoxy) is 1. The van der Waals surface area contributed by atoms with Crippen LogP contribution in [0.5, 0.6) is 0 Å². The molecule has 0 fully saturated rings. The first-order chi connectivity index (χ1) is 8.60. The van der Waals surface area contributed by atoms with E-state index < -0.39 is 0 Å². The summed E-state index contributed by atoms with van der Waals surface area (Å²) in [6.07, 6.45) is 1.12. The molecular weight excluding hydrogens is 226 g/mol. The summed E-state index contributed by atoms with van der Waals surface area (Å²) in [5, 5.41) is 1.16. The Labute approximate surface area is 107 Å². The molecule has 0 aliphatic heterocycles. The molecule has 0 radical (unpaired) electrons. The van der Waals surface area contributed by atoms with E-state index in [0.717, 1.165) is 22.2 Å². The van der Waals surface area contributed by atoms with Gasteiger partial charge in [0.1, 0.15) is 0 Å². The van der Waals surface area contributed by atoms with E-state index >= 15 is 0 Å². The van der Waals surface area contributed by atoms with Crippen LogP contribution in [0.4, 0.5) is 0 Å². The molecule has 2 rings (SSSR count). The Balaban J connectivity index is 2.30. The Morgan fingerprint density at radius 3 is 2.78 bits per heavy atom. The molecule has 0 N–H and O–H groups in total. The van der Waals surface area contributed by atoms with E-state index in [9.17, 15) is 4.79 Å². The largest absolute Gasteiger partial charge is 0.469 e. The van der Waals surface area contributed by atoms with Gasteiger partial charge in [-0.05, 0) is 49.6 Å². The van der Waals surface area contributed by atoms with Crippen LogP contribution < -0.4 is 0 Å². The van der Waals surface area contributed by atoms with Crippen molar-refractivity contribution in [3.63, 3.8) is 0 Å². The molecule has 0 aliphatic carbocycles. The third-order valence-electron chi connectivity index (χ3n) is 3.05. The number of nitrogens with zero attached hydrogens (tertiary/aromatic N) is 1. The molecule has 18 heavy (non-hydrogen) atoms. The molecule has 1 heterocycles. The van der Waals surface area contributed by atoms with E-state index in [2.05, 4.69) is 28.8 Å². The molecule has 3 heteroatoms. The Bertz CT molecular complexity index is 590. The van der Waals surface area contributed by atoms with Gasteiger partial charge in [0, 0.05) is 17.5 Å². The quantitative estimate of drug-likeness (QED) is 0.778. The van der Waals surface area contributed by atoms with Crippen LogP contribution in [0, 0.1) is 13.8 Å². The number of pyridine rings is 1. The highest BCUT2D eigenvalue weighted by Gasteiger charge is 2.05. The molecule has 0 aliphatic rings. The zero-order chi connectivity index (χ0) is 13.1. The van der Waals surface area contributed by atoms with Crippen LogP contribution in [-0.2, 0) is 16.0 Å². The average molecular weight is 243 g/mol. The van der Waals surface area contributed by atoms with Crippen molar-refractivity contribution in [2.75, 3.05) is 7.11 Å². The summed E-state index contributed by atoms with van der Waals surface area (Å²) in [5.41, 5.74) is 4.40. The van der Waals surface area contributed by atoms with E-state index in [1.165, 1.54) is 12.7 Å². The summed E-state index contributed by atoms with van der Waals surface area (Å²) in [4.78, 5) is 15.6. The van der Waals surface area contributed by atoms with Crippen LogP contribution in [0.2, 0.25) is 0 Å². The van der Waals surface area contributed by atoms with Gasteiger partial charge in [-0.15, -0.1) is 0 Å². The van der Waals surface area contributed by atoms with Gasteiger partial charge in [-0.3, -0.25) is 9.78 Å². The molecule has 0 unspecified atom stereocenters. The maximum atomic E-state index is 11.1. The SMILES string of the molecule is COC(=O)CCc1ccc2nc(C)cc(C)c2c1. The highest BCUT2D eigenvalue weighted by Crippen LogP contribution is 2.20. The number of carbonyl (C=O) groups excluding carboxylic acids is 1. The van der Waals surface area contributed by atoms with Crippen LogP contribution in [0.3, 0.4) is 0 Å². The first-order valence-electron chi connectivity index (χ1n) is 6.04. The van der Waals surface area contributed by atoms with E-state index in [1.54, 1.807) is 0 Å². The number of hydrogen-bond acceptors (Lipinski definition) is 3. The first-order valence-corrected chi connectivity index (χ1v) is 6.04. The van der Waals surface area contributed by atoms with Gasteiger partial charge < -0.3 is 4.74 Å². The zero-order valence-electron chi connectivity index (χ0n) is 11.0. The molecule has 0 amide bonds. The number of rotatable bonds is 3. The second-order valence-corrected chi connectivity index (χ2v) is 4.51. The van der Waals surface area contributed by atoms with Crippen molar-refractivity contribution >= 4 is 16.9 Å². The Hall–Kier alpha value is -1.90. The van der Waals surface area contributed by atoms with Crippen molar-refractivity contribution in [2.24, 2.45) is 0 Å². The van der Waals surface area contributed by atoms with Gasteiger partial charge in [0.15, 0.2) is 0 Å². The minimum atomic E-state index is -0.172. The normalized spacial score (nSPS) is 10.6. The van der Waals surface area contributed by atoms with E-state index in [4.69, 9.17) is 0 Å². The number of hydrogen-bond donors (Lipinski definition) is 0. The minimum Gasteiger partial charge on any atom is -0.469 e. The van der Waals surface area contributed by atoms with Gasteiger partial charge >= 0.3 is 5.97 Å². The average Bonchev–Trinajstić information content (AvgIpc) is 2.36. The second kappa shape index (κ2) is 5.17. The third kappa shape index (κ3) is 2.67. The summed E-state index contributed by atoms with van der Waals surface area (Å²) >= 11 is 0. The first kappa shape index (κ1) is 12.6.